The first-order valence-corrected chi connectivity index (χ1v) is 6.66. The Labute approximate surface area is 114 Å². The first-order chi connectivity index (χ1) is 9.13. The normalized spacial score (nSPS) is 14.2. The zero-order chi connectivity index (χ0) is 13.8. The van der Waals surface area contributed by atoms with Crippen molar-refractivity contribution in [3.63, 3.8) is 0 Å². The van der Waals surface area contributed by atoms with Gasteiger partial charge in [0.1, 0.15) is 11.6 Å². The minimum atomic E-state index is 0.609. The second-order valence-corrected chi connectivity index (χ2v) is 5.16. The van der Waals surface area contributed by atoms with Gasteiger partial charge >= 0.3 is 0 Å². The molecule has 5 heteroatoms. The summed E-state index contributed by atoms with van der Waals surface area (Å²) in [5, 5.41) is 17.5. The molecule has 1 aromatic heterocycles. The van der Waals surface area contributed by atoms with Gasteiger partial charge in [0.2, 0.25) is 0 Å². The molecule has 0 aromatic carbocycles. The van der Waals surface area contributed by atoms with Crippen molar-refractivity contribution < 1.29 is 4.74 Å². The van der Waals surface area contributed by atoms with Crippen LogP contribution in [0.25, 0.3) is 0 Å². The fraction of sp³-hybridized carbons (Fsp3) is 0.643. The SMILES string of the molecule is Cc1nnc(N(C)CCOCC2CC2)c(C#N)c1C. The van der Waals surface area contributed by atoms with Crippen molar-refractivity contribution in [2.75, 3.05) is 31.7 Å². The molecule has 0 aliphatic heterocycles. The average Bonchev–Trinajstić information content (AvgIpc) is 3.21. The standard InChI is InChI=1S/C14H20N4O/c1-10-11(2)16-17-14(13(10)8-15)18(3)6-7-19-9-12-4-5-12/h12H,4-7,9H2,1-3H3. The highest BCUT2D eigenvalue weighted by Gasteiger charge is 2.21. The molecule has 1 aromatic rings. The molecule has 0 spiro atoms. The van der Waals surface area contributed by atoms with Crippen molar-refractivity contribution in [3.8, 4) is 6.07 Å². The second kappa shape index (κ2) is 5.98. The zero-order valence-electron chi connectivity index (χ0n) is 11.8. The topological polar surface area (TPSA) is 62.0 Å². The smallest absolute Gasteiger partial charge is 0.169 e. The summed E-state index contributed by atoms with van der Waals surface area (Å²) < 4.78 is 5.60. The number of likely N-dealkylation sites (N-methyl/N-ethyl adjacent to an activating group) is 1. The van der Waals surface area contributed by atoms with Crippen LogP contribution < -0.4 is 4.90 Å². The first kappa shape index (κ1) is 13.8. The average molecular weight is 260 g/mol. The summed E-state index contributed by atoms with van der Waals surface area (Å²) in [5.41, 5.74) is 2.31. The third kappa shape index (κ3) is 3.42. The predicted molar refractivity (Wildman–Crippen MR) is 73.0 cm³/mol. The van der Waals surface area contributed by atoms with Gasteiger partial charge in [0.05, 0.1) is 12.3 Å². The number of rotatable bonds is 6. The molecular weight excluding hydrogens is 240 g/mol. The maximum absolute atomic E-state index is 9.25. The monoisotopic (exact) mass is 260 g/mol. The molecule has 1 aliphatic rings. The number of aryl methyl sites for hydroxylation is 1. The maximum atomic E-state index is 9.25. The van der Waals surface area contributed by atoms with Gasteiger partial charge in [0, 0.05) is 20.2 Å². The molecule has 0 saturated heterocycles. The summed E-state index contributed by atoms with van der Waals surface area (Å²) in [7, 11) is 1.92. The summed E-state index contributed by atoms with van der Waals surface area (Å²) in [4.78, 5) is 1.94. The van der Waals surface area contributed by atoms with Gasteiger partial charge in [0.25, 0.3) is 0 Å². The van der Waals surface area contributed by atoms with E-state index in [0.29, 0.717) is 18.0 Å². The van der Waals surface area contributed by atoms with Crippen molar-refractivity contribution in [2.24, 2.45) is 5.92 Å². The molecule has 19 heavy (non-hydrogen) atoms. The number of anilines is 1. The van der Waals surface area contributed by atoms with Crippen LogP contribution >= 0.6 is 0 Å². The molecule has 0 N–H and O–H groups in total. The summed E-state index contributed by atoms with van der Waals surface area (Å²) in [6, 6.07) is 2.22. The highest BCUT2D eigenvalue weighted by atomic mass is 16.5. The molecule has 0 atom stereocenters. The van der Waals surface area contributed by atoms with Crippen molar-refractivity contribution in [2.45, 2.75) is 26.7 Å². The molecule has 1 heterocycles. The molecule has 1 aliphatic carbocycles. The molecule has 1 saturated carbocycles. The Kier molecular flexibility index (Phi) is 4.33. The second-order valence-electron chi connectivity index (χ2n) is 5.16. The van der Waals surface area contributed by atoms with Gasteiger partial charge in [-0.05, 0) is 38.2 Å². The lowest BCUT2D eigenvalue weighted by Crippen LogP contribution is -2.25. The molecule has 2 rings (SSSR count). The highest BCUT2D eigenvalue weighted by Crippen LogP contribution is 2.28. The van der Waals surface area contributed by atoms with Gasteiger partial charge in [-0.25, -0.2) is 0 Å². The van der Waals surface area contributed by atoms with Gasteiger partial charge in [-0.15, -0.1) is 5.10 Å². The van der Waals surface area contributed by atoms with E-state index in [0.717, 1.165) is 30.3 Å². The van der Waals surface area contributed by atoms with E-state index in [1.807, 2.05) is 25.8 Å². The molecule has 0 amide bonds. The van der Waals surface area contributed by atoms with Crippen LogP contribution in [0.5, 0.6) is 0 Å². The first-order valence-electron chi connectivity index (χ1n) is 6.66. The predicted octanol–water partition coefficient (Wildman–Crippen LogP) is 1.83. The van der Waals surface area contributed by atoms with E-state index in [9.17, 15) is 5.26 Å². The number of aromatic nitrogens is 2. The third-order valence-electron chi connectivity index (χ3n) is 3.53. The van der Waals surface area contributed by atoms with E-state index in [1.54, 1.807) is 0 Å². The fourth-order valence-electron chi connectivity index (χ4n) is 1.84. The summed E-state index contributed by atoms with van der Waals surface area (Å²) in [5.74, 6) is 1.42. The van der Waals surface area contributed by atoms with Crippen LogP contribution in [0.15, 0.2) is 0 Å². The van der Waals surface area contributed by atoms with Gasteiger partial charge in [-0.3, -0.25) is 0 Å². The van der Waals surface area contributed by atoms with Gasteiger partial charge in [-0.2, -0.15) is 10.4 Å². The lowest BCUT2D eigenvalue weighted by atomic mass is 10.1. The Morgan fingerprint density at radius 1 is 1.37 bits per heavy atom. The molecule has 0 unspecified atom stereocenters. The minimum absolute atomic E-state index is 0.609. The molecule has 5 nitrogen and oxygen atoms in total. The lowest BCUT2D eigenvalue weighted by molar-refractivity contribution is 0.130. The minimum Gasteiger partial charge on any atom is -0.379 e. The van der Waals surface area contributed by atoms with Crippen LogP contribution in [0.4, 0.5) is 5.82 Å². The largest absolute Gasteiger partial charge is 0.379 e. The van der Waals surface area contributed by atoms with E-state index in [-0.39, 0.29) is 0 Å². The fourth-order valence-corrected chi connectivity index (χ4v) is 1.84. The molecule has 102 valence electrons. The van der Waals surface area contributed by atoms with E-state index >= 15 is 0 Å². The number of nitrogens with zero attached hydrogens (tertiary/aromatic N) is 4. The third-order valence-corrected chi connectivity index (χ3v) is 3.53. The Bertz CT molecular complexity index is 491. The highest BCUT2D eigenvalue weighted by molar-refractivity contribution is 5.57. The van der Waals surface area contributed by atoms with Gasteiger partial charge in [-0.1, -0.05) is 0 Å². The van der Waals surface area contributed by atoms with E-state index in [4.69, 9.17) is 4.74 Å². The van der Waals surface area contributed by atoms with Crippen LogP contribution in [0, 0.1) is 31.1 Å². The summed E-state index contributed by atoms with van der Waals surface area (Å²) >= 11 is 0. The number of ether oxygens (including phenoxy) is 1. The van der Waals surface area contributed by atoms with Crippen LogP contribution in [0.3, 0.4) is 0 Å². The molecular formula is C14H20N4O. The Balaban J connectivity index is 1.95. The van der Waals surface area contributed by atoms with E-state index in [2.05, 4.69) is 16.3 Å². The molecule has 0 bridgehead atoms. The Hall–Kier alpha value is -1.67. The van der Waals surface area contributed by atoms with Crippen LogP contribution in [0.1, 0.15) is 29.7 Å². The molecule has 1 fully saturated rings. The quantitative estimate of drug-likeness (QED) is 0.730. The van der Waals surface area contributed by atoms with Gasteiger partial charge < -0.3 is 9.64 Å². The van der Waals surface area contributed by atoms with Crippen molar-refractivity contribution in [1.82, 2.24) is 10.2 Å². The van der Waals surface area contributed by atoms with Crippen LogP contribution in [-0.4, -0.2) is 37.0 Å². The van der Waals surface area contributed by atoms with E-state index in [1.165, 1.54) is 12.8 Å². The summed E-state index contributed by atoms with van der Waals surface area (Å²) in [6.07, 6.45) is 2.61. The Morgan fingerprint density at radius 3 is 2.74 bits per heavy atom. The Morgan fingerprint density at radius 2 is 2.11 bits per heavy atom. The molecule has 0 radical (unpaired) electrons. The van der Waals surface area contributed by atoms with Crippen LogP contribution in [0.2, 0.25) is 0 Å². The van der Waals surface area contributed by atoms with Gasteiger partial charge in [0.15, 0.2) is 5.82 Å². The van der Waals surface area contributed by atoms with Crippen molar-refractivity contribution in [1.29, 1.82) is 5.26 Å². The summed E-state index contributed by atoms with van der Waals surface area (Å²) in [6.45, 7) is 6.01. The number of hydrogen-bond acceptors (Lipinski definition) is 5. The lowest BCUT2D eigenvalue weighted by Gasteiger charge is -2.19. The van der Waals surface area contributed by atoms with E-state index < -0.39 is 0 Å². The van der Waals surface area contributed by atoms with Crippen molar-refractivity contribution in [3.05, 3.63) is 16.8 Å². The number of nitriles is 1. The van der Waals surface area contributed by atoms with Crippen LogP contribution in [-0.2, 0) is 4.74 Å². The maximum Gasteiger partial charge on any atom is 0.169 e. The zero-order valence-corrected chi connectivity index (χ0v) is 11.8. The van der Waals surface area contributed by atoms with Crippen molar-refractivity contribution >= 4 is 5.82 Å². The number of hydrogen-bond donors (Lipinski definition) is 0.